The summed E-state index contributed by atoms with van der Waals surface area (Å²) < 4.78 is 16.3. The van der Waals surface area contributed by atoms with Crippen molar-refractivity contribution in [3.63, 3.8) is 0 Å². The van der Waals surface area contributed by atoms with Crippen LogP contribution >= 0.6 is 0 Å². The summed E-state index contributed by atoms with van der Waals surface area (Å²) in [4.78, 5) is 37.1. The summed E-state index contributed by atoms with van der Waals surface area (Å²) in [6, 6.07) is 14.1. The number of ether oxygens (including phenoxy) is 3. The van der Waals surface area contributed by atoms with Gasteiger partial charge >= 0.3 is 0 Å². The van der Waals surface area contributed by atoms with Gasteiger partial charge in [-0.1, -0.05) is 0 Å². The van der Waals surface area contributed by atoms with Crippen LogP contribution in [0.4, 0.5) is 11.4 Å². The summed E-state index contributed by atoms with van der Waals surface area (Å²) in [5.74, 6) is 0.595. The smallest absolute Gasteiger partial charge is 0.276 e. The van der Waals surface area contributed by atoms with Crippen molar-refractivity contribution >= 4 is 23.2 Å². The molecule has 0 spiro atoms. The third-order valence-electron chi connectivity index (χ3n) is 4.38. The van der Waals surface area contributed by atoms with Crippen LogP contribution in [-0.2, 0) is 11.3 Å². The highest BCUT2D eigenvalue weighted by molar-refractivity contribution is 6.02. The Bertz CT molecular complexity index is 1150. The Hall–Kier alpha value is -4.34. The summed E-state index contributed by atoms with van der Waals surface area (Å²) >= 11 is 0. The van der Waals surface area contributed by atoms with Crippen molar-refractivity contribution < 1.29 is 23.8 Å². The SMILES string of the molecule is COc1ccc(NC(=O)c2ccc(=O)n(CC(=O)Nc3cc(OC)cc(OC)c3)n2)cc1. The van der Waals surface area contributed by atoms with E-state index in [1.807, 2.05) is 0 Å². The second-order valence-corrected chi connectivity index (χ2v) is 6.55. The van der Waals surface area contributed by atoms with Crippen LogP contribution < -0.4 is 30.4 Å². The Kier molecular flexibility index (Phi) is 7.06. The number of methoxy groups -OCH3 is 3. The minimum atomic E-state index is -0.526. The van der Waals surface area contributed by atoms with Crippen molar-refractivity contribution in [2.24, 2.45) is 0 Å². The Morgan fingerprint density at radius 2 is 1.44 bits per heavy atom. The Morgan fingerprint density at radius 1 is 0.812 bits per heavy atom. The molecule has 0 fully saturated rings. The molecule has 10 heteroatoms. The third-order valence-corrected chi connectivity index (χ3v) is 4.38. The maximum Gasteiger partial charge on any atom is 0.276 e. The summed E-state index contributed by atoms with van der Waals surface area (Å²) in [6.45, 7) is -0.387. The van der Waals surface area contributed by atoms with Gasteiger partial charge in [0.05, 0.1) is 21.3 Å². The van der Waals surface area contributed by atoms with Gasteiger partial charge in [0.15, 0.2) is 0 Å². The summed E-state index contributed by atoms with van der Waals surface area (Å²) in [7, 11) is 4.53. The monoisotopic (exact) mass is 438 g/mol. The summed E-state index contributed by atoms with van der Waals surface area (Å²) in [5, 5.41) is 9.34. The Balaban J connectivity index is 1.71. The van der Waals surface area contributed by atoms with E-state index in [0.717, 1.165) is 4.68 Å². The first kappa shape index (κ1) is 22.3. The zero-order valence-electron chi connectivity index (χ0n) is 17.7. The van der Waals surface area contributed by atoms with Crippen molar-refractivity contribution in [2.45, 2.75) is 6.54 Å². The predicted octanol–water partition coefficient (Wildman–Crippen LogP) is 2.16. The second kappa shape index (κ2) is 10.1. The number of hydrogen-bond acceptors (Lipinski definition) is 7. The van der Waals surface area contributed by atoms with E-state index in [2.05, 4.69) is 15.7 Å². The molecule has 0 saturated heterocycles. The second-order valence-electron chi connectivity index (χ2n) is 6.55. The molecule has 0 radical (unpaired) electrons. The Labute approximate surface area is 183 Å². The van der Waals surface area contributed by atoms with E-state index in [1.54, 1.807) is 49.6 Å². The standard InChI is InChI=1S/C22H22N4O6/c1-30-16-6-4-14(5-7-16)24-22(29)19-8-9-21(28)26(25-19)13-20(27)23-15-10-17(31-2)12-18(11-15)32-3/h4-12H,13H2,1-3H3,(H,23,27)(H,24,29). The van der Waals surface area contributed by atoms with E-state index >= 15 is 0 Å². The topological polar surface area (TPSA) is 121 Å². The molecule has 0 bridgehead atoms. The maximum atomic E-state index is 12.5. The van der Waals surface area contributed by atoms with Crippen molar-refractivity contribution in [3.05, 3.63) is 70.6 Å². The van der Waals surface area contributed by atoms with Gasteiger partial charge in [-0.2, -0.15) is 5.10 Å². The predicted molar refractivity (Wildman–Crippen MR) is 118 cm³/mol. The first-order chi connectivity index (χ1) is 15.4. The van der Waals surface area contributed by atoms with Crippen LogP contribution in [0.3, 0.4) is 0 Å². The van der Waals surface area contributed by atoms with Crippen LogP contribution in [0.25, 0.3) is 0 Å². The first-order valence-electron chi connectivity index (χ1n) is 9.48. The van der Waals surface area contributed by atoms with Crippen LogP contribution in [0.5, 0.6) is 17.2 Å². The molecule has 0 atom stereocenters. The van der Waals surface area contributed by atoms with Gasteiger partial charge in [-0.15, -0.1) is 0 Å². The molecule has 166 valence electrons. The van der Waals surface area contributed by atoms with E-state index in [4.69, 9.17) is 14.2 Å². The van der Waals surface area contributed by atoms with E-state index in [1.165, 1.54) is 26.4 Å². The average molecular weight is 438 g/mol. The number of nitrogens with zero attached hydrogens (tertiary/aromatic N) is 2. The number of benzene rings is 2. The molecule has 2 aromatic carbocycles. The highest BCUT2D eigenvalue weighted by Crippen LogP contribution is 2.25. The largest absolute Gasteiger partial charge is 0.497 e. The van der Waals surface area contributed by atoms with Crippen LogP contribution in [-0.4, -0.2) is 42.9 Å². The molecule has 2 N–H and O–H groups in total. The number of amides is 2. The van der Waals surface area contributed by atoms with Gasteiger partial charge in [-0.25, -0.2) is 4.68 Å². The molecule has 0 saturated carbocycles. The fourth-order valence-electron chi connectivity index (χ4n) is 2.77. The minimum absolute atomic E-state index is 0.0173. The number of anilines is 2. The lowest BCUT2D eigenvalue weighted by Crippen LogP contribution is -2.31. The van der Waals surface area contributed by atoms with Crippen LogP contribution in [0.2, 0.25) is 0 Å². The van der Waals surface area contributed by atoms with Gasteiger partial charge in [0, 0.05) is 35.6 Å². The van der Waals surface area contributed by atoms with Gasteiger partial charge < -0.3 is 24.8 Å². The number of carbonyl (C=O) groups is 2. The molecule has 0 aliphatic carbocycles. The fraction of sp³-hybridized carbons (Fsp3) is 0.182. The van der Waals surface area contributed by atoms with Gasteiger partial charge in [-0.05, 0) is 30.3 Å². The molecule has 1 aromatic heterocycles. The number of aromatic nitrogens is 2. The maximum absolute atomic E-state index is 12.5. The van der Waals surface area contributed by atoms with E-state index in [9.17, 15) is 14.4 Å². The van der Waals surface area contributed by atoms with E-state index in [0.29, 0.717) is 28.6 Å². The van der Waals surface area contributed by atoms with Crippen LogP contribution in [0, 0.1) is 0 Å². The highest BCUT2D eigenvalue weighted by Gasteiger charge is 2.13. The van der Waals surface area contributed by atoms with Gasteiger partial charge in [0.25, 0.3) is 11.5 Å². The normalized spacial score (nSPS) is 10.2. The van der Waals surface area contributed by atoms with Crippen LogP contribution in [0.15, 0.2) is 59.4 Å². The van der Waals surface area contributed by atoms with E-state index in [-0.39, 0.29) is 12.2 Å². The number of hydrogen-bond donors (Lipinski definition) is 2. The quantitative estimate of drug-likeness (QED) is 0.553. The molecule has 0 unspecified atom stereocenters. The molecule has 10 nitrogen and oxygen atoms in total. The van der Waals surface area contributed by atoms with E-state index < -0.39 is 17.4 Å². The van der Waals surface area contributed by atoms with Crippen molar-refractivity contribution in [1.82, 2.24) is 9.78 Å². The first-order valence-corrected chi connectivity index (χ1v) is 9.48. The molecule has 0 aliphatic rings. The molecular formula is C22H22N4O6. The van der Waals surface area contributed by atoms with Gasteiger partial charge in [0.1, 0.15) is 29.5 Å². The summed E-state index contributed by atoms with van der Waals surface area (Å²) in [5.41, 5.74) is 0.411. The zero-order chi connectivity index (χ0) is 23.1. The lowest BCUT2D eigenvalue weighted by Gasteiger charge is -2.11. The number of nitrogens with one attached hydrogen (secondary N) is 2. The van der Waals surface area contributed by atoms with Gasteiger partial charge in [-0.3, -0.25) is 14.4 Å². The molecule has 3 aromatic rings. The average Bonchev–Trinajstić information content (AvgIpc) is 2.80. The molecule has 2 amide bonds. The lowest BCUT2D eigenvalue weighted by atomic mass is 10.2. The van der Waals surface area contributed by atoms with Gasteiger partial charge in [0.2, 0.25) is 5.91 Å². The number of rotatable bonds is 8. The lowest BCUT2D eigenvalue weighted by molar-refractivity contribution is -0.117. The molecule has 32 heavy (non-hydrogen) atoms. The van der Waals surface area contributed by atoms with Crippen molar-refractivity contribution in [3.8, 4) is 17.2 Å². The molecular weight excluding hydrogens is 416 g/mol. The Morgan fingerprint density at radius 3 is 2.03 bits per heavy atom. The number of carbonyl (C=O) groups excluding carboxylic acids is 2. The summed E-state index contributed by atoms with van der Waals surface area (Å²) in [6.07, 6.45) is 0. The zero-order valence-corrected chi connectivity index (χ0v) is 17.7. The molecule has 3 rings (SSSR count). The fourth-order valence-corrected chi connectivity index (χ4v) is 2.77. The van der Waals surface area contributed by atoms with Crippen LogP contribution in [0.1, 0.15) is 10.5 Å². The molecule has 1 heterocycles. The third kappa shape index (κ3) is 5.63. The molecule has 0 aliphatic heterocycles. The van der Waals surface area contributed by atoms with Crippen molar-refractivity contribution in [2.75, 3.05) is 32.0 Å². The minimum Gasteiger partial charge on any atom is -0.497 e. The van der Waals surface area contributed by atoms with Crippen molar-refractivity contribution in [1.29, 1.82) is 0 Å². The highest BCUT2D eigenvalue weighted by atomic mass is 16.5.